The molecule has 0 amide bonds. The third kappa shape index (κ3) is 5.79. The lowest BCUT2D eigenvalue weighted by Crippen LogP contribution is -2.04. The van der Waals surface area contributed by atoms with E-state index in [1.54, 1.807) is 0 Å². The lowest BCUT2D eigenvalue weighted by atomic mass is 10.0. The van der Waals surface area contributed by atoms with Crippen molar-refractivity contribution in [1.82, 2.24) is 0 Å². The van der Waals surface area contributed by atoms with Gasteiger partial charge >= 0.3 is 5.97 Å². The molecule has 2 nitrogen and oxygen atoms in total. The Morgan fingerprint density at radius 3 is 2.29 bits per heavy atom. The molecule has 0 atom stereocenters. The highest BCUT2D eigenvalue weighted by Gasteiger charge is 2.06. The van der Waals surface area contributed by atoms with Crippen LogP contribution in [0, 0.1) is 5.92 Å². The molecule has 0 bridgehead atoms. The second kappa shape index (κ2) is 6.63. The van der Waals surface area contributed by atoms with Crippen LogP contribution in [0.5, 0.6) is 0 Å². The Morgan fingerprint density at radius 1 is 1.29 bits per heavy atom. The number of carbonyl (C=O) groups excluding carboxylic acids is 1. The zero-order valence-electron chi connectivity index (χ0n) is 10.0. The van der Waals surface area contributed by atoms with Crippen molar-refractivity contribution in [2.75, 3.05) is 0 Å². The summed E-state index contributed by atoms with van der Waals surface area (Å²) in [6, 6.07) is 0. The Kier molecular flexibility index (Phi) is 6.26. The van der Waals surface area contributed by atoms with E-state index in [9.17, 15) is 4.79 Å². The molecular weight excluding hydrogens is 176 g/mol. The Bertz CT molecular complexity index is 214. The van der Waals surface area contributed by atoms with E-state index in [-0.39, 0.29) is 5.97 Å². The van der Waals surface area contributed by atoms with Crippen molar-refractivity contribution in [2.24, 2.45) is 5.92 Å². The second-order valence-corrected chi connectivity index (χ2v) is 4.16. The molecule has 0 aromatic rings. The van der Waals surface area contributed by atoms with Crippen LogP contribution in [0.15, 0.2) is 11.3 Å². The highest BCUT2D eigenvalue weighted by molar-refractivity contribution is 5.70. The number of hydrogen-bond acceptors (Lipinski definition) is 2. The lowest BCUT2D eigenvalue weighted by molar-refractivity contribution is -0.139. The summed E-state index contributed by atoms with van der Waals surface area (Å²) in [5, 5.41) is 0. The van der Waals surface area contributed by atoms with Crippen molar-refractivity contribution in [2.45, 2.75) is 53.9 Å². The Morgan fingerprint density at radius 2 is 1.86 bits per heavy atom. The van der Waals surface area contributed by atoms with E-state index >= 15 is 0 Å². The first kappa shape index (κ1) is 13.2. The van der Waals surface area contributed by atoms with Crippen LogP contribution in [0.4, 0.5) is 0 Å². The smallest absolute Gasteiger partial charge is 0.310 e. The summed E-state index contributed by atoms with van der Waals surface area (Å²) in [5.41, 5.74) is 1.17. The van der Waals surface area contributed by atoms with Gasteiger partial charge in [0, 0.05) is 6.42 Å². The standard InChI is InChI=1S/C12H22O2/c1-6-7-12(13)14-11(5)10(4)8-9(2)3/h9H,6-8H2,1-5H3/b11-10+. The summed E-state index contributed by atoms with van der Waals surface area (Å²) in [6.07, 6.45) is 2.34. The van der Waals surface area contributed by atoms with Gasteiger partial charge in [-0.05, 0) is 38.2 Å². The van der Waals surface area contributed by atoms with E-state index in [2.05, 4.69) is 13.8 Å². The van der Waals surface area contributed by atoms with Crippen LogP contribution in [-0.2, 0) is 9.53 Å². The molecule has 14 heavy (non-hydrogen) atoms. The van der Waals surface area contributed by atoms with Crippen molar-refractivity contribution in [3.63, 3.8) is 0 Å². The second-order valence-electron chi connectivity index (χ2n) is 4.16. The quantitative estimate of drug-likeness (QED) is 0.497. The predicted molar refractivity (Wildman–Crippen MR) is 58.8 cm³/mol. The van der Waals surface area contributed by atoms with Crippen LogP contribution in [0.2, 0.25) is 0 Å². The highest BCUT2D eigenvalue weighted by atomic mass is 16.5. The van der Waals surface area contributed by atoms with Crippen LogP contribution in [-0.4, -0.2) is 5.97 Å². The van der Waals surface area contributed by atoms with Crippen LogP contribution < -0.4 is 0 Å². The minimum Gasteiger partial charge on any atom is -0.431 e. The summed E-state index contributed by atoms with van der Waals surface area (Å²) in [4.78, 5) is 11.2. The number of esters is 1. The summed E-state index contributed by atoms with van der Waals surface area (Å²) >= 11 is 0. The monoisotopic (exact) mass is 198 g/mol. The summed E-state index contributed by atoms with van der Waals surface area (Å²) in [6.45, 7) is 10.2. The predicted octanol–water partition coefficient (Wildman–Crippen LogP) is 3.67. The molecule has 0 N–H and O–H groups in total. The molecule has 0 aliphatic rings. The average Bonchev–Trinajstić information content (AvgIpc) is 2.02. The number of rotatable bonds is 5. The van der Waals surface area contributed by atoms with Crippen LogP contribution in [0.25, 0.3) is 0 Å². The molecule has 82 valence electrons. The molecule has 0 fully saturated rings. The molecule has 2 heteroatoms. The first-order valence-electron chi connectivity index (χ1n) is 5.34. The van der Waals surface area contributed by atoms with Gasteiger partial charge in [0.15, 0.2) is 0 Å². The number of carbonyl (C=O) groups is 1. The van der Waals surface area contributed by atoms with Gasteiger partial charge in [0.05, 0.1) is 0 Å². The molecule has 0 spiro atoms. The van der Waals surface area contributed by atoms with Crippen molar-refractivity contribution in [3.8, 4) is 0 Å². The van der Waals surface area contributed by atoms with Gasteiger partial charge in [-0.2, -0.15) is 0 Å². The SMILES string of the molecule is CCCC(=O)O/C(C)=C(\C)CC(C)C. The van der Waals surface area contributed by atoms with Crippen molar-refractivity contribution < 1.29 is 9.53 Å². The van der Waals surface area contributed by atoms with Gasteiger partial charge in [0.1, 0.15) is 5.76 Å². The van der Waals surface area contributed by atoms with Gasteiger partial charge in [-0.3, -0.25) is 4.79 Å². The normalized spacial score (nSPS) is 12.7. The van der Waals surface area contributed by atoms with E-state index in [0.29, 0.717) is 12.3 Å². The van der Waals surface area contributed by atoms with E-state index in [1.807, 2.05) is 20.8 Å². The fourth-order valence-electron chi connectivity index (χ4n) is 1.27. The molecule has 0 radical (unpaired) electrons. The maximum atomic E-state index is 11.2. The van der Waals surface area contributed by atoms with E-state index < -0.39 is 0 Å². The zero-order valence-corrected chi connectivity index (χ0v) is 10.0. The first-order valence-corrected chi connectivity index (χ1v) is 5.34. The number of ether oxygens (including phenoxy) is 1. The molecule has 0 unspecified atom stereocenters. The van der Waals surface area contributed by atoms with Crippen molar-refractivity contribution >= 4 is 5.97 Å². The van der Waals surface area contributed by atoms with E-state index in [0.717, 1.165) is 18.6 Å². The average molecular weight is 198 g/mol. The Labute approximate surface area is 87.3 Å². The maximum absolute atomic E-state index is 11.2. The largest absolute Gasteiger partial charge is 0.431 e. The van der Waals surface area contributed by atoms with Crippen LogP contribution in [0.3, 0.4) is 0 Å². The number of allylic oxidation sites excluding steroid dienone is 2. The molecular formula is C12H22O2. The maximum Gasteiger partial charge on any atom is 0.310 e. The minimum absolute atomic E-state index is 0.117. The molecule has 0 aliphatic heterocycles. The van der Waals surface area contributed by atoms with Crippen LogP contribution >= 0.6 is 0 Å². The van der Waals surface area contributed by atoms with Crippen molar-refractivity contribution in [3.05, 3.63) is 11.3 Å². The fourth-order valence-corrected chi connectivity index (χ4v) is 1.27. The molecule has 0 aromatic carbocycles. The van der Waals surface area contributed by atoms with E-state index in [1.165, 1.54) is 5.57 Å². The number of hydrogen-bond donors (Lipinski definition) is 0. The zero-order chi connectivity index (χ0) is 11.1. The Balaban J connectivity index is 4.15. The fraction of sp³-hybridized carbons (Fsp3) is 0.750. The minimum atomic E-state index is -0.117. The van der Waals surface area contributed by atoms with Gasteiger partial charge in [-0.25, -0.2) is 0 Å². The van der Waals surface area contributed by atoms with Crippen LogP contribution in [0.1, 0.15) is 53.9 Å². The molecule has 0 heterocycles. The Hall–Kier alpha value is -0.790. The molecule has 0 saturated heterocycles. The molecule has 0 aliphatic carbocycles. The third-order valence-electron chi connectivity index (χ3n) is 2.04. The van der Waals surface area contributed by atoms with Crippen molar-refractivity contribution in [1.29, 1.82) is 0 Å². The highest BCUT2D eigenvalue weighted by Crippen LogP contribution is 2.15. The summed E-state index contributed by atoms with van der Waals surface area (Å²) < 4.78 is 5.19. The van der Waals surface area contributed by atoms with Gasteiger partial charge in [-0.1, -0.05) is 20.8 Å². The first-order chi connectivity index (χ1) is 6.47. The topological polar surface area (TPSA) is 26.3 Å². The summed E-state index contributed by atoms with van der Waals surface area (Å²) in [5.74, 6) is 1.26. The van der Waals surface area contributed by atoms with Gasteiger partial charge in [-0.15, -0.1) is 0 Å². The van der Waals surface area contributed by atoms with Gasteiger partial charge in [0.25, 0.3) is 0 Å². The van der Waals surface area contributed by atoms with Gasteiger partial charge < -0.3 is 4.74 Å². The molecule has 0 saturated carbocycles. The molecule has 0 aromatic heterocycles. The molecule has 0 rings (SSSR count). The van der Waals surface area contributed by atoms with E-state index in [4.69, 9.17) is 4.74 Å². The lowest BCUT2D eigenvalue weighted by Gasteiger charge is -2.10. The summed E-state index contributed by atoms with van der Waals surface area (Å²) in [7, 11) is 0. The van der Waals surface area contributed by atoms with Gasteiger partial charge in [0.2, 0.25) is 0 Å². The third-order valence-corrected chi connectivity index (χ3v) is 2.04.